The van der Waals surface area contributed by atoms with Gasteiger partial charge < -0.3 is 10.2 Å². The molecule has 6 rings (SSSR count). The fourth-order valence-electron chi connectivity index (χ4n) is 7.53. The van der Waals surface area contributed by atoms with Crippen LogP contribution in [-0.4, -0.2) is 76.8 Å². The SMILES string of the molecule is O=C1N[C@H](CCC(=O)N2CCCC3=C[C@H]4C[C@@H](CN5CCCC[C@H]45)[C@H]32)C(=O)N1CCc1ccccc1. The summed E-state index contributed by atoms with van der Waals surface area (Å²) in [5.41, 5.74) is 2.58. The normalized spacial score (nSPS) is 32.0. The van der Waals surface area contributed by atoms with Gasteiger partial charge in [-0.05, 0) is 68.9 Å². The number of benzene rings is 1. The molecule has 4 amide bonds. The van der Waals surface area contributed by atoms with Crippen molar-refractivity contribution in [3.8, 4) is 0 Å². The Bertz CT molecular complexity index is 1040. The van der Waals surface area contributed by atoms with Crippen LogP contribution in [0.3, 0.4) is 0 Å². The average molecular weight is 491 g/mol. The van der Waals surface area contributed by atoms with Gasteiger partial charge in [0.2, 0.25) is 5.91 Å². The number of imide groups is 1. The van der Waals surface area contributed by atoms with Gasteiger partial charge in [-0.1, -0.05) is 48.4 Å². The van der Waals surface area contributed by atoms with Crippen molar-refractivity contribution in [2.24, 2.45) is 11.8 Å². The Balaban J connectivity index is 1.07. The number of carbonyl (C=O) groups is 3. The highest BCUT2D eigenvalue weighted by atomic mass is 16.2. The molecule has 1 aliphatic carbocycles. The number of urea groups is 1. The molecule has 0 saturated carbocycles. The standard InChI is InChI=1S/C29H38N4O3/c34-26(12-11-24-28(35)33(29(36)30-24)16-13-20-7-2-1-3-8-20)32-15-6-9-21-17-22-18-23(27(21)32)19-31-14-5-4-10-25(22)31/h1-3,7-8,17,22-25,27H,4-6,9-16,18-19H2,(H,30,36)/t22-,23-,24+,25+,27-/m0/s1. The number of rotatable bonds is 6. The van der Waals surface area contributed by atoms with Crippen LogP contribution in [0.4, 0.5) is 4.79 Å². The quantitative estimate of drug-likeness (QED) is 0.490. The van der Waals surface area contributed by atoms with E-state index in [1.165, 1.54) is 42.7 Å². The number of nitrogens with zero attached hydrogens (tertiary/aromatic N) is 3. The first kappa shape index (κ1) is 23.7. The molecule has 1 aromatic carbocycles. The molecule has 5 atom stereocenters. The second-order valence-electron chi connectivity index (χ2n) is 11.4. The van der Waals surface area contributed by atoms with E-state index in [9.17, 15) is 14.4 Å². The molecule has 36 heavy (non-hydrogen) atoms. The number of likely N-dealkylation sites (tertiary alicyclic amines) is 1. The van der Waals surface area contributed by atoms with Crippen molar-refractivity contribution < 1.29 is 14.4 Å². The molecule has 0 radical (unpaired) electrons. The first-order chi connectivity index (χ1) is 17.6. The van der Waals surface area contributed by atoms with Crippen LogP contribution in [0.1, 0.15) is 56.9 Å². The van der Waals surface area contributed by atoms with Crippen molar-refractivity contribution in [2.75, 3.05) is 26.2 Å². The summed E-state index contributed by atoms with van der Waals surface area (Å²) in [6, 6.07) is 9.86. The second kappa shape index (κ2) is 10.0. The Morgan fingerprint density at radius 2 is 1.92 bits per heavy atom. The van der Waals surface area contributed by atoms with E-state index in [1.807, 2.05) is 30.3 Å². The summed E-state index contributed by atoms with van der Waals surface area (Å²) in [4.78, 5) is 45.0. The van der Waals surface area contributed by atoms with Crippen LogP contribution in [0, 0.1) is 11.8 Å². The maximum absolute atomic E-state index is 13.5. The maximum Gasteiger partial charge on any atom is 0.324 e. The van der Waals surface area contributed by atoms with E-state index in [2.05, 4.69) is 21.2 Å². The molecule has 7 nitrogen and oxygen atoms in total. The molecular formula is C29H38N4O3. The van der Waals surface area contributed by atoms with Crippen molar-refractivity contribution in [3.05, 3.63) is 47.5 Å². The van der Waals surface area contributed by atoms with E-state index in [0.29, 0.717) is 43.7 Å². The second-order valence-corrected chi connectivity index (χ2v) is 11.4. The van der Waals surface area contributed by atoms with Gasteiger partial charge in [0, 0.05) is 32.1 Å². The molecule has 0 aromatic heterocycles. The molecule has 192 valence electrons. The zero-order valence-electron chi connectivity index (χ0n) is 21.1. The molecule has 0 unspecified atom stereocenters. The third-order valence-corrected chi connectivity index (χ3v) is 9.20. The molecule has 4 aliphatic heterocycles. The highest BCUT2D eigenvalue weighted by Crippen LogP contribution is 2.45. The van der Waals surface area contributed by atoms with Crippen LogP contribution in [0.5, 0.6) is 0 Å². The van der Waals surface area contributed by atoms with Gasteiger partial charge >= 0.3 is 6.03 Å². The summed E-state index contributed by atoms with van der Waals surface area (Å²) in [5, 5.41) is 2.82. The van der Waals surface area contributed by atoms with E-state index in [1.54, 1.807) is 0 Å². The number of carbonyl (C=O) groups excluding carboxylic acids is 3. The molecule has 2 bridgehead atoms. The highest BCUT2D eigenvalue weighted by Gasteiger charge is 2.47. The molecule has 1 N–H and O–H groups in total. The summed E-state index contributed by atoms with van der Waals surface area (Å²) in [7, 11) is 0. The largest absolute Gasteiger partial charge is 0.336 e. The monoisotopic (exact) mass is 490 g/mol. The fourth-order valence-corrected chi connectivity index (χ4v) is 7.53. The summed E-state index contributed by atoms with van der Waals surface area (Å²) in [5.74, 6) is 1.11. The predicted molar refractivity (Wildman–Crippen MR) is 137 cm³/mol. The Morgan fingerprint density at radius 1 is 1.06 bits per heavy atom. The van der Waals surface area contributed by atoms with Crippen molar-refractivity contribution in [3.63, 3.8) is 0 Å². The lowest BCUT2D eigenvalue weighted by Crippen LogP contribution is -2.60. The van der Waals surface area contributed by atoms with Gasteiger partial charge in [0.15, 0.2) is 0 Å². The van der Waals surface area contributed by atoms with E-state index < -0.39 is 6.04 Å². The number of fused-ring (bicyclic) bond motifs is 6. The minimum absolute atomic E-state index is 0.134. The molecule has 4 fully saturated rings. The zero-order chi connectivity index (χ0) is 24.6. The molecule has 0 spiro atoms. The van der Waals surface area contributed by atoms with E-state index in [4.69, 9.17) is 0 Å². The third kappa shape index (κ3) is 4.47. The Labute approximate surface area is 213 Å². The van der Waals surface area contributed by atoms with Gasteiger partial charge in [0.1, 0.15) is 6.04 Å². The molecular weight excluding hydrogens is 452 g/mol. The van der Waals surface area contributed by atoms with Gasteiger partial charge in [0.05, 0.1) is 6.04 Å². The van der Waals surface area contributed by atoms with E-state index >= 15 is 0 Å². The number of nitrogens with one attached hydrogen (secondary N) is 1. The predicted octanol–water partition coefficient (Wildman–Crippen LogP) is 3.35. The van der Waals surface area contributed by atoms with Crippen molar-refractivity contribution >= 4 is 17.8 Å². The van der Waals surface area contributed by atoms with Gasteiger partial charge in [-0.2, -0.15) is 0 Å². The Hall–Kier alpha value is -2.67. The van der Waals surface area contributed by atoms with Crippen LogP contribution in [-0.2, 0) is 16.0 Å². The van der Waals surface area contributed by atoms with Gasteiger partial charge in [0.25, 0.3) is 5.91 Å². The average Bonchev–Trinajstić information content (AvgIpc) is 3.18. The highest BCUT2D eigenvalue weighted by molar-refractivity contribution is 6.04. The summed E-state index contributed by atoms with van der Waals surface area (Å²) < 4.78 is 0. The van der Waals surface area contributed by atoms with Crippen molar-refractivity contribution in [1.82, 2.24) is 20.0 Å². The zero-order valence-corrected chi connectivity index (χ0v) is 21.1. The van der Waals surface area contributed by atoms with Gasteiger partial charge in [-0.3, -0.25) is 19.4 Å². The number of hydrogen-bond donors (Lipinski definition) is 1. The van der Waals surface area contributed by atoms with Gasteiger partial charge in [-0.15, -0.1) is 0 Å². The lowest BCUT2D eigenvalue weighted by Gasteiger charge is -2.54. The Morgan fingerprint density at radius 3 is 2.78 bits per heavy atom. The smallest absolute Gasteiger partial charge is 0.324 e. The first-order valence-corrected chi connectivity index (χ1v) is 14.0. The summed E-state index contributed by atoms with van der Waals surface area (Å²) >= 11 is 0. The number of hydrogen-bond acceptors (Lipinski definition) is 4. The van der Waals surface area contributed by atoms with E-state index in [-0.39, 0.29) is 23.9 Å². The minimum atomic E-state index is -0.600. The lowest BCUT2D eigenvalue weighted by atomic mass is 9.68. The lowest BCUT2D eigenvalue weighted by molar-refractivity contribution is -0.136. The van der Waals surface area contributed by atoms with Crippen LogP contribution >= 0.6 is 0 Å². The molecule has 5 aliphatic rings. The van der Waals surface area contributed by atoms with Crippen LogP contribution in [0.2, 0.25) is 0 Å². The third-order valence-electron chi connectivity index (χ3n) is 9.20. The van der Waals surface area contributed by atoms with Crippen molar-refractivity contribution in [2.45, 2.75) is 75.9 Å². The van der Waals surface area contributed by atoms with Crippen LogP contribution in [0.15, 0.2) is 42.0 Å². The van der Waals surface area contributed by atoms with Crippen molar-refractivity contribution in [1.29, 1.82) is 0 Å². The minimum Gasteiger partial charge on any atom is -0.336 e. The number of piperidine rings is 3. The van der Waals surface area contributed by atoms with Gasteiger partial charge in [-0.25, -0.2) is 4.79 Å². The number of amides is 4. The molecule has 4 saturated heterocycles. The van der Waals surface area contributed by atoms with Crippen LogP contribution < -0.4 is 5.32 Å². The topological polar surface area (TPSA) is 73.0 Å². The van der Waals surface area contributed by atoms with Crippen LogP contribution in [0.25, 0.3) is 0 Å². The fraction of sp³-hybridized carbons (Fsp3) is 0.621. The van der Waals surface area contributed by atoms with E-state index in [0.717, 1.165) is 31.5 Å². The first-order valence-electron chi connectivity index (χ1n) is 14.0. The maximum atomic E-state index is 13.5. The summed E-state index contributed by atoms with van der Waals surface area (Å²) in [6.45, 7) is 3.48. The summed E-state index contributed by atoms with van der Waals surface area (Å²) in [6.07, 6.45) is 11.1. The Kier molecular flexibility index (Phi) is 6.59. The molecule has 1 aromatic rings. The molecule has 4 heterocycles. The molecule has 7 heteroatoms.